The van der Waals surface area contributed by atoms with Gasteiger partial charge in [-0.15, -0.1) is 0 Å². The van der Waals surface area contributed by atoms with Crippen molar-refractivity contribution in [3.05, 3.63) is 78.3 Å². The van der Waals surface area contributed by atoms with Crippen LogP contribution < -0.4 is 0 Å². The second-order valence-electron chi connectivity index (χ2n) is 9.73. The first-order chi connectivity index (χ1) is 17.3. The molecule has 0 aliphatic carbocycles. The third-order valence-electron chi connectivity index (χ3n) is 5.88. The standard InChI is InChI=1S/C10H12N2.2C9H11N3/c1-7(2)8-3-4-9-6-11-12-10(9)5-8;1-6(2)8-11-5-7-3-4-10-9(7)12-8;1-6(2)8-4-3-7-5-10-12-9(7)11-8/h3-7H,1-2H3,(H,11,12);2*3-6H,1-2H3,(H,10,11,12). The molecule has 0 unspecified atom stereocenters. The molecular formula is C28H34N8. The Kier molecular flexibility index (Phi) is 7.73. The van der Waals surface area contributed by atoms with Crippen molar-refractivity contribution in [3.8, 4) is 0 Å². The number of aromatic amines is 3. The van der Waals surface area contributed by atoms with Crippen molar-refractivity contribution < 1.29 is 0 Å². The molecule has 6 rings (SSSR count). The highest BCUT2D eigenvalue weighted by molar-refractivity contribution is 5.78. The molecule has 5 heterocycles. The highest BCUT2D eigenvalue weighted by atomic mass is 15.1. The number of pyridine rings is 1. The van der Waals surface area contributed by atoms with Gasteiger partial charge < -0.3 is 4.98 Å². The number of nitrogens with one attached hydrogen (secondary N) is 3. The molecule has 1 aromatic carbocycles. The summed E-state index contributed by atoms with van der Waals surface area (Å²) in [5.41, 5.74) is 5.38. The largest absolute Gasteiger partial charge is 0.346 e. The van der Waals surface area contributed by atoms with Crippen molar-refractivity contribution in [1.29, 1.82) is 0 Å². The second-order valence-corrected chi connectivity index (χ2v) is 9.73. The van der Waals surface area contributed by atoms with Crippen LogP contribution in [0.5, 0.6) is 0 Å². The van der Waals surface area contributed by atoms with Gasteiger partial charge in [-0.05, 0) is 41.7 Å². The lowest BCUT2D eigenvalue weighted by molar-refractivity contribution is 0.781. The van der Waals surface area contributed by atoms with E-state index in [4.69, 9.17) is 0 Å². The van der Waals surface area contributed by atoms with Gasteiger partial charge in [-0.1, -0.05) is 53.7 Å². The van der Waals surface area contributed by atoms with E-state index in [9.17, 15) is 0 Å². The summed E-state index contributed by atoms with van der Waals surface area (Å²) in [5.74, 6) is 2.33. The summed E-state index contributed by atoms with van der Waals surface area (Å²) in [6.07, 6.45) is 7.36. The average Bonchev–Trinajstić information content (AvgIpc) is 3.63. The summed E-state index contributed by atoms with van der Waals surface area (Å²) in [5, 5.41) is 17.0. The number of benzene rings is 1. The second kappa shape index (κ2) is 11.1. The van der Waals surface area contributed by atoms with Crippen LogP contribution in [0, 0.1) is 0 Å². The van der Waals surface area contributed by atoms with Gasteiger partial charge in [0.05, 0.1) is 17.9 Å². The molecular weight excluding hydrogens is 448 g/mol. The Morgan fingerprint density at radius 1 is 0.639 bits per heavy atom. The van der Waals surface area contributed by atoms with E-state index >= 15 is 0 Å². The molecule has 0 amide bonds. The molecule has 0 atom stereocenters. The van der Waals surface area contributed by atoms with E-state index in [-0.39, 0.29) is 0 Å². The molecule has 8 nitrogen and oxygen atoms in total. The van der Waals surface area contributed by atoms with Crippen LogP contribution in [-0.2, 0) is 0 Å². The Morgan fingerprint density at radius 2 is 1.36 bits per heavy atom. The molecule has 0 saturated carbocycles. The highest BCUT2D eigenvalue weighted by Crippen LogP contribution is 2.19. The molecule has 0 spiro atoms. The maximum absolute atomic E-state index is 4.42. The third kappa shape index (κ3) is 5.94. The minimum Gasteiger partial charge on any atom is -0.346 e. The molecule has 0 aliphatic heterocycles. The number of rotatable bonds is 3. The predicted octanol–water partition coefficient (Wildman–Crippen LogP) is 6.85. The summed E-state index contributed by atoms with van der Waals surface area (Å²) in [6.45, 7) is 12.8. The number of H-pyrrole nitrogens is 3. The van der Waals surface area contributed by atoms with Gasteiger partial charge in [0.2, 0.25) is 0 Å². The van der Waals surface area contributed by atoms with Crippen molar-refractivity contribution in [2.45, 2.75) is 59.3 Å². The molecule has 0 fully saturated rings. The van der Waals surface area contributed by atoms with Gasteiger partial charge in [-0.2, -0.15) is 10.2 Å². The molecule has 5 aromatic heterocycles. The first-order valence-corrected chi connectivity index (χ1v) is 12.3. The number of hydrogen-bond donors (Lipinski definition) is 3. The normalized spacial score (nSPS) is 11.2. The van der Waals surface area contributed by atoms with Gasteiger partial charge in [-0.25, -0.2) is 15.0 Å². The summed E-state index contributed by atoms with van der Waals surface area (Å²) in [4.78, 5) is 16.1. The summed E-state index contributed by atoms with van der Waals surface area (Å²) in [7, 11) is 0. The molecule has 0 aliphatic rings. The first-order valence-electron chi connectivity index (χ1n) is 12.3. The molecule has 6 aromatic rings. The number of hydrogen-bond acceptors (Lipinski definition) is 5. The van der Waals surface area contributed by atoms with Gasteiger partial charge in [0.25, 0.3) is 0 Å². The quantitative estimate of drug-likeness (QED) is 0.255. The van der Waals surface area contributed by atoms with Crippen LogP contribution in [-0.4, -0.2) is 40.3 Å². The van der Waals surface area contributed by atoms with Crippen LogP contribution in [0.3, 0.4) is 0 Å². The highest BCUT2D eigenvalue weighted by Gasteiger charge is 2.04. The fraction of sp³-hybridized carbons (Fsp3) is 0.321. The lowest BCUT2D eigenvalue weighted by atomic mass is 10.0. The predicted molar refractivity (Wildman–Crippen MR) is 146 cm³/mol. The SMILES string of the molecule is CC(C)c1ccc2cn[nH]c2c1.CC(C)c1ccc2cn[nH]c2n1.CC(C)c1ncc2cc[nH]c2n1. The molecule has 186 valence electrons. The van der Waals surface area contributed by atoms with E-state index < -0.39 is 0 Å². The van der Waals surface area contributed by atoms with Crippen LogP contribution in [0.4, 0.5) is 0 Å². The van der Waals surface area contributed by atoms with Crippen LogP contribution in [0.25, 0.3) is 33.0 Å². The summed E-state index contributed by atoms with van der Waals surface area (Å²) < 4.78 is 0. The van der Waals surface area contributed by atoms with Crippen molar-refractivity contribution in [2.24, 2.45) is 0 Å². The zero-order valence-electron chi connectivity index (χ0n) is 21.7. The minimum atomic E-state index is 0.387. The molecule has 0 bridgehead atoms. The topological polar surface area (TPSA) is 112 Å². The van der Waals surface area contributed by atoms with Gasteiger partial charge in [0, 0.05) is 40.2 Å². The Bertz CT molecular complexity index is 1350. The Hall–Kier alpha value is -4.07. The molecule has 8 heteroatoms. The smallest absolute Gasteiger partial charge is 0.155 e. The Balaban J connectivity index is 0.000000127. The molecule has 3 N–H and O–H groups in total. The van der Waals surface area contributed by atoms with Gasteiger partial charge >= 0.3 is 0 Å². The fourth-order valence-corrected chi connectivity index (χ4v) is 3.61. The maximum Gasteiger partial charge on any atom is 0.155 e. The summed E-state index contributed by atoms with van der Waals surface area (Å²) >= 11 is 0. The van der Waals surface area contributed by atoms with Gasteiger partial charge in [0.1, 0.15) is 11.5 Å². The molecule has 0 radical (unpaired) electrons. The van der Waals surface area contributed by atoms with Gasteiger partial charge in [-0.3, -0.25) is 10.2 Å². The first kappa shape index (κ1) is 25.0. The van der Waals surface area contributed by atoms with Crippen LogP contribution in [0.15, 0.2) is 61.2 Å². The Morgan fingerprint density at radius 3 is 2.11 bits per heavy atom. The van der Waals surface area contributed by atoms with Gasteiger partial charge in [0.15, 0.2) is 5.65 Å². The molecule has 36 heavy (non-hydrogen) atoms. The monoisotopic (exact) mass is 482 g/mol. The van der Waals surface area contributed by atoms with Crippen molar-refractivity contribution in [1.82, 2.24) is 40.3 Å². The maximum atomic E-state index is 4.42. The van der Waals surface area contributed by atoms with E-state index in [2.05, 4.69) is 100 Å². The lowest BCUT2D eigenvalue weighted by Gasteiger charge is -2.03. The van der Waals surface area contributed by atoms with Crippen LogP contribution in [0.2, 0.25) is 0 Å². The zero-order chi connectivity index (χ0) is 25.7. The minimum absolute atomic E-state index is 0.387. The number of nitrogens with zero attached hydrogens (tertiary/aromatic N) is 5. The van der Waals surface area contributed by atoms with E-state index in [0.29, 0.717) is 17.8 Å². The summed E-state index contributed by atoms with van der Waals surface area (Å²) in [6, 6.07) is 12.5. The third-order valence-corrected chi connectivity index (χ3v) is 5.88. The van der Waals surface area contributed by atoms with E-state index in [1.165, 1.54) is 10.9 Å². The van der Waals surface area contributed by atoms with Crippen LogP contribution >= 0.6 is 0 Å². The average molecular weight is 483 g/mol. The van der Waals surface area contributed by atoms with E-state index in [1.54, 1.807) is 6.20 Å². The van der Waals surface area contributed by atoms with Crippen LogP contribution in [0.1, 0.15) is 76.4 Å². The number of aromatic nitrogens is 8. The lowest BCUT2D eigenvalue weighted by Crippen LogP contribution is -1.96. The van der Waals surface area contributed by atoms with Crippen molar-refractivity contribution in [3.63, 3.8) is 0 Å². The Labute approximate surface area is 211 Å². The fourth-order valence-electron chi connectivity index (χ4n) is 3.61. The van der Waals surface area contributed by atoms with Crippen molar-refractivity contribution >= 4 is 33.0 Å². The van der Waals surface area contributed by atoms with E-state index in [1.807, 2.05) is 36.8 Å². The van der Waals surface area contributed by atoms with Crippen molar-refractivity contribution in [2.75, 3.05) is 0 Å². The number of fused-ring (bicyclic) bond motifs is 3. The van der Waals surface area contributed by atoms with E-state index in [0.717, 1.165) is 39.1 Å². The molecule has 0 saturated heterocycles. The zero-order valence-corrected chi connectivity index (χ0v) is 21.7.